The van der Waals surface area contributed by atoms with Crippen LogP contribution in [0.5, 0.6) is 5.75 Å². The molecule has 1 aliphatic heterocycles. The van der Waals surface area contributed by atoms with Crippen LogP contribution in [-0.4, -0.2) is 31.9 Å². The van der Waals surface area contributed by atoms with Gasteiger partial charge in [0.25, 0.3) is 0 Å². The summed E-state index contributed by atoms with van der Waals surface area (Å²) in [4.78, 5) is 2.33. The number of benzene rings is 1. The normalized spacial score (nSPS) is 23.4. The summed E-state index contributed by atoms with van der Waals surface area (Å²) >= 11 is 0. The SMILES string of the molecule is CCCOc1cc(N2C[C@@H](C)O[C@@H](C)C2)ccc1N. The van der Waals surface area contributed by atoms with Crippen molar-refractivity contribution in [3.8, 4) is 5.75 Å². The van der Waals surface area contributed by atoms with Gasteiger partial charge in [-0.05, 0) is 32.4 Å². The lowest BCUT2D eigenvalue weighted by Gasteiger charge is -2.37. The Morgan fingerprint density at radius 3 is 2.63 bits per heavy atom. The number of morpholine rings is 1. The predicted octanol–water partition coefficient (Wildman–Crippen LogP) is 2.67. The second kappa shape index (κ2) is 6.15. The summed E-state index contributed by atoms with van der Waals surface area (Å²) in [6.45, 7) is 8.81. The van der Waals surface area contributed by atoms with Crippen LogP contribution in [0.3, 0.4) is 0 Å². The molecule has 2 rings (SSSR count). The zero-order valence-corrected chi connectivity index (χ0v) is 12.1. The van der Waals surface area contributed by atoms with Crippen molar-refractivity contribution < 1.29 is 9.47 Å². The van der Waals surface area contributed by atoms with Gasteiger partial charge in [0, 0.05) is 24.8 Å². The van der Waals surface area contributed by atoms with E-state index in [0.717, 1.165) is 30.9 Å². The summed E-state index contributed by atoms with van der Waals surface area (Å²) < 4.78 is 11.4. The minimum atomic E-state index is 0.251. The zero-order chi connectivity index (χ0) is 13.8. The smallest absolute Gasteiger partial charge is 0.144 e. The van der Waals surface area contributed by atoms with Crippen LogP contribution in [0, 0.1) is 0 Å². The first-order valence-corrected chi connectivity index (χ1v) is 7.03. The van der Waals surface area contributed by atoms with Crippen LogP contribution in [-0.2, 0) is 4.74 Å². The number of hydrogen-bond acceptors (Lipinski definition) is 4. The number of anilines is 2. The van der Waals surface area contributed by atoms with Crippen molar-refractivity contribution in [3.63, 3.8) is 0 Å². The van der Waals surface area contributed by atoms with Crippen molar-refractivity contribution in [3.05, 3.63) is 18.2 Å². The van der Waals surface area contributed by atoms with Crippen LogP contribution in [0.15, 0.2) is 18.2 Å². The molecule has 1 saturated heterocycles. The highest BCUT2D eigenvalue weighted by Crippen LogP contribution is 2.29. The highest BCUT2D eigenvalue weighted by molar-refractivity contribution is 5.62. The number of nitrogens with two attached hydrogens (primary N) is 1. The Morgan fingerprint density at radius 2 is 2.00 bits per heavy atom. The molecule has 2 N–H and O–H groups in total. The van der Waals surface area contributed by atoms with E-state index in [1.54, 1.807) is 0 Å². The summed E-state index contributed by atoms with van der Waals surface area (Å²) in [5.74, 6) is 0.783. The van der Waals surface area contributed by atoms with Gasteiger partial charge in [-0.2, -0.15) is 0 Å². The quantitative estimate of drug-likeness (QED) is 0.849. The summed E-state index contributed by atoms with van der Waals surface area (Å²) in [5.41, 5.74) is 7.80. The predicted molar refractivity (Wildman–Crippen MR) is 78.9 cm³/mol. The van der Waals surface area contributed by atoms with E-state index in [1.165, 1.54) is 0 Å². The van der Waals surface area contributed by atoms with E-state index < -0.39 is 0 Å². The van der Waals surface area contributed by atoms with E-state index in [4.69, 9.17) is 15.2 Å². The van der Waals surface area contributed by atoms with Gasteiger partial charge in [-0.15, -0.1) is 0 Å². The summed E-state index contributed by atoms with van der Waals surface area (Å²) in [7, 11) is 0. The first-order valence-electron chi connectivity index (χ1n) is 7.03. The summed E-state index contributed by atoms with van der Waals surface area (Å²) in [6.07, 6.45) is 1.48. The molecule has 19 heavy (non-hydrogen) atoms. The van der Waals surface area contributed by atoms with Crippen molar-refractivity contribution >= 4 is 11.4 Å². The number of nitrogens with zero attached hydrogens (tertiary/aromatic N) is 1. The van der Waals surface area contributed by atoms with Crippen molar-refractivity contribution in [2.24, 2.45) is 0 Å². The van der Waals surface area contributed by atoms with E-state index in [1.807, 2.05) is 12.1 Å². The van der Waals surface area contributed by atoms with Crippen molar-refractivity contribution in [2.75, 3.05) is 30.3 Å². The lowest BCUT2D eigenvalue weighted by atomic mass is 10.2. The Hall–Kier alpha value is -1.42. The third-order valence-electron chi connectivity index (χ3n) is 3.24. The van der Waals surface area contributed by atoms with E-state index >= 15 is 0 Å². The standard InChI is InChI=1S/C15H24N2O2/c1-4-7-18-15-8-13(5-6-14(15)16)17-9-11(2)19-12(3)10-17/h5-6,8,11-12H,4,7,9-10,16H2,1-3H3/t11-,12+. The topological polar surface area (TPSA) is 47.7 Å². The van der Waals surface area contributed by atoms with Gasteiger partial charge in [0.05, 0.1) is 24.5 Å². The molecule has 1 aromatic carbocycles. The van der Waals surface area contributed by atoms with Crippen molar-refractivity contribution in [1.82, 2.24) is 0 Å². The Kier molecular flexibility index (Phi) is 4.53. The molecule has 1 aromatic rings. The minimum Gasteiger partial charge on any atom is -0.491 e. The summed E-state index contributed by atoms with van der Waals surface area (Å²) in [5, 5.41) is 0. The van der Waals surface area contributed by atoms with Gasteiger partial charge in [0.2, 0.25) is 0 Å². The number of ether oxygens (including phenoxy) is 2. The maximum Gasteiger partial charge on any atom is 0.144 e. The van der Waals surface area contributed by atoms with Crippen LogP contribution < -0.4 is 15.4 Å². The molecule has 0 radical (unpaired) electrons. The fraction of sp³-hybridized carbons (Fsp3) is 0.600. The fourth-order valence-corrected chi connectivity index (χ4v) is 2.45. The van der Waals surface area contributed by atoms with E-state index in [0.29, 0.717) is 12.3 Å². The van der Waals surface area contributed by atoms with Gasteiger partial charge >= 0.3 is 0 Å². The fourth-order valence-electron chi connectivity index (χ4n) is 2.45. The molecule has 0 saturated carbocycles. The average molecular weight is 264 g/mol. The maximum atomic E-state index is 5.95. The van der Waals surface area contributed by atoms with Crippen molar-refractivity contribution in [1.29, 1.82) is 0 Å². The number of nitrogen functional groups attached to an aromatic ring is 1. The van der Waals surface area contributed by atoms with Crippen LogP contribution >= 0.6 is 0 Å². The van der Waals surface area contributed by atoms with Gasteiger partial charge < -0.3 is 20.1 Å². The molecule has 1 fully saturated rings. The molecule has 2 atom stereocenters. The Bertz CT molecular complexity index is 413. The molecule has 106 valence electrons. The molecular formula is C15H24N2O2. The zero-order valence-electron chi connectivity index (χ0n) is 12.1. The second-order valence-electron chi connectivity index (χ2n) is 5.23. The molecule has 1 heterocycles. The second-order valence-corrected chi connectivity index (χ2v) is 5.23. The lowest BCUT2D eigenvalue weighted by molar-refractivity contribution is -0.00522. The third kappa shape index (κ3) is 3.53. The molecule has 0 unspecified atom stereocenters. The molecule has 0 spiro atoms. The summed E-state index contributed by atoms with van der Waals surface area (Å²) in [6, 6.07) is 6.01. The van der Waals surface area contributed by atoms with Crippen molar-refractivity contribution in [2.45, 2.75) is 39.4 Å². The number of rotatable bonds is 4. The Morgan fingerprint density at radius 1 is 1.32 bits per heavy atom. The van der Waals surface area contributed by atoms with Crippen LogP contribution in [0.25, 0.3) is 0 Å². The maximum absolute atomic E-state index is 5.95. The molecule has 4 nitrogen and oxygen atoms in total. The van der Waals surface area contributed by atoms with Gasteiger partial charge in [0.1, 0.15) is 5.75 Å². The molecule has 0 amide bonds. The molecule has 0 bridgehead atoms. The Balaban J connectivity index is 2.15. The lowest BCUT2D eigenvalue weighted by Crippen LogP contribution is -2.45. The molecule has 0 aromatic heterocycles. The van der Waals surface area contributed by atoms with E-state index in [2.05, 4.69) is 31.7 Å². The monoisotopic (exact) mass is 264 g/mol. The van der Waals surface area contributed by atoms with Gasteiger partial charge in [-0.25, -0.2) is 0 Å². The highest BCUT2D eigenvalue weighted by Gasteiger charge is 2.22. The van der Waals surface area contributed by atoms with Crippen LogP contribution in [0.4, 0.5) is 11.4 Å². The van der Waals surface area contributed by atoms with E-state index in [9.17, 15) is 0 Å². The minimum absolute atomic E-state index is 0.251. The first kappa shape index (κ1) is 14.0. The highest BCUT2D eigenvalue weighted by atomic mass is 16.5. The molecule has 4 heteroatoms. The molecular weight excluding hydrogens is 240 g/mol. The largest absolute Gasteiger partial charge is 0.491 e. The molecule has 0 aliphatic carbocycles. The van der Waals surface area contributed by atoms with Gasteiger partial charge in [-0.3, -0.25) is 0 Å². The average Bonchev–Trinajstić information content (AvgIpc) is 2.36. The first-order chi connectivity index (χ1) is 9.10. The van der Waals surface area contributed by atoms with Gasteiger partial charge in [0.15, 0.2) is 0 Å². The van der Waals surface area contributed by atoms with E-state index in [-0.39, 0.29) is 12.2 Å². The Labute approximate surface area is 115 Å². The molecule has 1 aliphatic rings. The number of hydrogen-bond donors (Lipinski definition) is 1. The van der Waals surface area contributed by atoms with Crippen LogP contribution in [0.1, 0.15) is 27.2 Å². The third-order valence-corrected chi connectivity index (χ3v) is 3.24. The van der Waals surface area contributed by atoms with Crippen LogP contribution in [0.2, 0.25) is 0 Å². The van der Waals surface area contributed by atoms with Gasteiger partial charge in [-0.1, -0.05) is 6.92 Å².